The number of carbonyl (C=O) groups is 3. The Kier molecular flexibility index (Phi) is 5.80. The Hall–Kier alpha value is -2.12. The van der Waals surface area contributed by atoms with Crippen LogP contribution in [0.3, 0.4) is 0 Å². The first-order valence-corrected chi connectivity index (χ1v) is 5.15. The summed E-state index contributed by atoms with van der Waals surface area (Å²) in [5, 5.41) is 14.4. The fraction of sp³-hybridized carbons (Fsp3) is 0.600. The number of nitrogens with zero attached hydrogens (tertiary/aromatic N) is 1. The zero-order valence-corrected chi connectivity index (χ0v) is 10.7. The summed E-state index contributed by atoms with van der Waals surface area (Å²) in [4.78, 5) is 32.6. The number of carboxylic acid groups (broad SMARTS) is 1. The van der Waals surface area contributed by atoms with Crippen molar-refractivity contribution >= 4 is 23.7 Å². The quantitative estimate of drug-likeness (QED) is 0.488. The highest BCUT2D eigenvalue weighted by molar-refractivity contribution is 6.36. The number of hydrogen-bond donors (Lipinski definition) is 3. The maximum atomic E-state index is 11.2. The van der Waals surface area contributed by atoms with Crippen molar-refractivity contribution in [3.63, 3.8) is 0 Å². The fourth-order valence-corrected chi connectivity index (χ4v) is 0.785. The van der Waals surface area contributed by atoms with Crippen LogP contribution in [0.15, 0.2) is 5.10 Å². The van der Waals surface area contributed by atoms with Crippen LogP contribution in [0, 0.1) is 0 Å². The number of hydrogen-bond acceptors (Lipinski definition) is 5. The van der Waals surface area contributed by atoms with E-state index < -0.39 is 29.3 Å². The zero-order chi connectivity index (χ0) is 14.3. The van der Waals surface area contributed by atoms with Gasteiger partial charge in [0.25, 0.3) is 0 Å². The SMILES string of the molecule is CC(=O)NC/C(=N/NC(=O)OC(C)(C)C)C(=O)O. The average molecular weight is 259 g/mol. The Morgan fingerprint density at radius 3 is 2.22 bits per heavy atom. The highest BCUT2D eigenvalue weighted by Gasteiger charge is 2.17. The van der Waals surface area contributed by atoms with Crippen LogP contribution in [-0.2, 0) is 14.3 Å². The van der Waals surface area contributed by atoms with Crippen LogP contribution in [-0.4, -0.2) is 40.9 Å². The maximum Gasteiger partial charge on any atom is 0.428 e. The van der Waals surface area contributed by atoms with Gasteiger partial charge in [0.1, 0.15) is 5.60 Å². The van der Waals surface area contributed by atoms with E-state index in [9.17, 15) is 14.4 Å². The van der Waals surface area contributed by atoms with Crippen LogP contribution in [0.2, 0.25) is 0 Å². The van der Waals surface area contributed by atoms with E-state index in [2.05, 4.69) is 10.4 Å². The van der Waals surface area contributed by atoms with Gasteiger partial charge in [-0.2, -0.15) is 5.10 Å². The summed E-state index contributed by atoms with van der Waals surface area (Å²) in [6.07, 6.45) is -0.871. The molecule has 0 bridgehead atoms. The normalized spacial score (nSPS) is 11.7. The summed E-state index contributed by atoms with van der Waals surface area (Å²) in [5.41, 5.74) is 0.825. The first kappa shape index (κ1) is 15.9. The molecule has 8 nitrogen and oxygen atoms in total. The van der Waals surface area contributed by atoms with E-state index in [-0.39, 0.29) is 6.54 Å². The molecule has 2 amide bonds. The first-order chi connectivity index (χ1) is 8.11. The zero-order valence-electron chi connectivity index (χ0n) is 10.7. The van der Waals surface area contributed by atoms with Crippen molar-refractivity contribution in [2.24, 2.45) is 5.10 Å². The van der Waals surface area contributed by atoms with Crippen molar-refractivity contribution in [3.8, 4) is 0 Å². The number of ether oxygens (including phenoxy) is 1. The van der Waals surface area contributed by atoms with E-state index in [0.29, 0.717) is 0 Å². The Labute approximate surface area is 104 Å². The number of nitrogens with one attached hydrogen (secondary N) is 2. The van der Waals surface area contributed by atoms with Gasteiger partial charge in [-0.3, -0.25) is 4.79 Å². The molecule has 0 aliphatic heterocycles. The van der Waals surface area contributed by atoms with Gasteiger partial charge in [0.15, 0.2) is 5.71 Å². The Morgan fingerprint density at radius 1 is 1.28 bits per heavy atom. The minimum atomic E-state index is -1.35. The number of aliphatic carboxylic acids is 1. The minimum Gasteiger partial charge on any atom is -0.477 e. The van der Waals surface area contributed by atoms with Gasteiger partial charge < -0.3 is 15.2 Å². The first-order valence-electron chi connectivity index (χ1n) is 5.15. The summed E-state index contributed by atoms with van der Waals surface area (Å²) in [6.45, 7) is 5.92. The molecule has 0 rings (SSSR count). The standard InChI is InChI=1S/C10H17N3O5/c1-6(14)11-5-7(8(15)16)12-13-9(17)18-10(2,3)4/h5H2,1-4H3,(H,11,14)(H,13,17)(H,15,16)/b12-7-. The number of rotatable bonds is 4. The smallest absolute Gasteiger partial charge is 0.428 e. The topological polar surface area (TPSA) is 117 Å². The van der Waals surface area contributed by atoms with Crippen molar-refractivity contribution in [1.29, 1.82) is 0 Å². The molecule has 8 heteroatoms. The molecule has 0 spiro atoms. The van der Waals surface area contributed by atoms with Gasteiger partial charge in [0, 0.05) is 6.92 Å². The molecule has 0 aromatic carbocycles. The molecule has 0 unspecified atom stereocenters. The van der Waals surface area contributed by atoms with Crippen LogP contribution in [0.4, 0.5) is 4.79 Å². The molecular weight excluding hydrogens is 242 g/mol. The molecule has 102 valence electrons. The molecule has 0 fully saturated rings. The number of amides is 2. The maximum absolute atomic E-state index is 11.2. The van der Waals surface area contributed by atoms with Crippen molar-refractivity contribution in [3.05, 3.63) is 0 Å². The van der Waals surface area contributed by atoms with Crippen molar-refractivity contribution in [2.75, 3.05) is 6.54 Å². The van der Waals surface area contributed by atoms with Crippen LogP contribution < -0.4 is 10.7 Å². The van der Waals surface area contributed by atoms with Crippen LogP contribution in [0.5, 0.6) is 0 Å². The Balaban J connectivity index is 4.45. The van der Waals surface area contributed by atoms with Gasteiger partial charge in [0.2, 0.25) is 5.91 Å². The lowest BCUT2D eigenvalue weighted by Gasteiger charge is -2.18. The van der Waals surface area contributed by atoms with Crippen LogP contribution in [0.1, 0.15) is 27.7 Å². The minimum absolute atomic E-state index is 0.291. The Bertz CT molecular complexity index is 370. The van der Waals surface area contributed by atoms with Gasteiger partial charge in [-0.25, -0.2) is 15.0 Å². The predicted molar refractivity (Wildman–Crippen MR) is 63.1 cm³/mol. The highest BCUT2D eigenvalue weighted by Crippen LogP contribution is 2.06. The molecule has 0 aromatic rings. The van der Waals surface area contributed by atoms with E-state index in [0.717, 1.165) is 0 Å². The summed E-state index contributed by atoms with van der Waals surface area (Å²) in [5.74, 6) is -1.75. The molecule has 0 aromatic heterocycles. The van der Waals surface area contributed by atoms with Gasteiger partial charge >= 0.3 is 12.1 Å². The molecule has 0 saturated carbocycles. The van der Waals surface area contributed by atoms with Crippen molar-refractivity contribution < 1.29 is 24.2 Å². The molecule has 0 atom stereocenters. The molecule has 0 saturated heterocycles. The number of carboxylic acids is 1. The molecule has 0 radical (unpaired) electrons. The van der Waals surface area contributed by atoms with E-state index in [1.54, 1.807) is 20.8 Å². The second-order valence-electron chi connectivity index (χ2n) is 4.39. The molecule has 3 N–H and O–H groups in total. The molecule has 0 heterocycles. The summed E-state index contributed by atoms with van der Waals surface area (Å²) >= 11 is 0. The lowest BCUT2D eigenvalue weighted by Crippen LogP contribution is -2.35. The van der Waals surface area contributed by atoms with Gasteiger partial charge in [-0.1, -0.05) is 0 Å². The predicted octanol–water partition coefficient (Wildman–Crippen LogP) is 0.0878. The summed E-state index contributed by atoms with van der Waals surface area (Å²) < 4.78 is 4.86. The van der Waals surface area contributed by atoms with Crippen molar-refractivity contribution in [1.82, 2.24) is 10.7 Å². The van der Waals surface area contributed by atoms with Crippen molar-refractivity contribution in [2.45, 2.75) is 33.3 Å². The lowest BCUT2D eigenvalue weighted by atomic mass is 10.2. The van der Waals surface area contributed by atoms with Crippen LogP contribution >= 0.6 is 0 Å². The fourth-order valence-electron chi connectivity index (χ4n) is 0.785. The highest BCUT2D eigenvalue weighted by atomic mass is 16.6. The lowest BCUT2D eigenvalue weighted by molar-refractivity contribution is -0.129. The molecular formula is C10H17N3O5. The van der Waals surface area contributed by atoms with Gasteiger partial charge in [-0.15, -0.1) is 0 Å². The van der Waals surface area contributed by atoms with Crippen LogP contribution in [0.25, 0.3) is 0 Å². The second-order valence-corrected chi connectivity index (χ2v) is 4.39. The third-order valence-electron chi connectivity index (χ3n) is 1.43. The van der Waals surface area contributed by atoms with Gasteiger partial charge in [-0.05, 0) is 20.8 Å². The monoisotopic (exact) mass is 259 g/mol. The number of carbonyl (C=O) groups excluding carboxylic acids is 2. The largest absolute Gasteiger partial charge is 0.477 e. The van der Waals surface area contributed by atoms with E-state index in [4.69, 9.17) is 9.84 Å². The summed E-state index contributed by atoms with van der Waals surface area (Å²) in [6, 6.07) is 0. The van der Waals surface area contributed by atoms with E-state index in [1.807, 2.05) is 5.43 Å². The summed E-state index contributed by atoms with van der Waals surface area (Å²) in [7, 11) is 0. The third kappa shape index (κ3) is 8.08. The number of hydrazone groups is 1. The Morgan fingerprint density at radius 2 is 1.83 bits per heavy atom. The second kappa shape index (κ2) is 6.58. The molecule has 18 heavy (non-hydrogen) atoms. The van der Waals surface area contributed by atoms with E-state index >= 15 is 0 Å². The van der Waals surface area contributed by atoms with E-state index in [1.165, 1.54) is 6.92 Å². The third-order valence-corrected chi connectivity index (χ3v) is 1.43. The molecule has 0 aliphatic carbocycles. The average Bonchev–Trinajstić information content (AvgIpc) is 2.13. The molecule has 0 aliphatic rings. The van der Waals surface area contributed by atoms with Gasteiger partial charge in [0.05, 0.1) is 6.54 Å².